The van der Waals surface area contributed by atoms with E-state index >= 15 is 0 Å². The lowest BCUT2D eigenvalue weighted by atomic mass is 10.1. The van der Waals surface area contributed by atoms with Crippen molar-refractivity contribution in [3.63, 3.8) is 0 Å². The molecule has 0 aliphatic heterocycles. The normalized spacial score (nSPS) is 13.2. The Morgan fingerprint density at radius 2 is 1.80 bits per heavy atom. The van der Waals surface area contributed by atoms with Crippen molar-refractivity contribution in [1.82, 2.24) is 34.8 Å². The van der Waals surface area contributed by atoms with Crippen molar-refractivity contribution in [3.8, 4) is 28.7 Å². The maximum absolute atomic E-state index is 13.2. The smallest absolute Gasteiger partial charge is 0.434 e. The number of thiocarbonyl (C=S) groups is 1. The number of aryl methyl sites for hydroxylation is 1. The van der Waals surface area contributed by atoms with Gasteiger partial charge in [-0.1, -0.05) is 24.3 Å². The zero-order valence-corrected chi connectivity index (χ0v) is 25.8. The number of nitrogens with zero attached hydrogens (tertiary/aromatic N) is 6. The van der Waals surface area contributed by atoms with Crippen LogP contribution >= 0.6 is 12.2 Å². The van der Waals surface area contributed by atoms with Crippen LogP contribution in [0.4, 0.5) is 24.7 Å². The van der Waals surface area contributed by atoms with Gasteiger partial charge < -0.3 is 34.7 Å². The highest BCUT2D eigenvalue weighted by Gasteiger charge is 2.34. The zero-order valence-electron chi connectivity index (χ0n) is 25.0. The summed E-state index contributed by atoms with van der Waals surface area (Å²) >= 11 is 5.48. The predicted molar refractivity (Wildman–Crippen MR) is 165 cm³/mol. The van der Waals surface area contributed by atoms with Crippen LogP contribution < -0.4 is 20.7 Å². The summed E-state index contributed by atoms with van der Waals surface area (Å²) in [6.45, 7) is 0.629. The molecular formula is C29H32F3N9O3S. The van der Waals surface area contributed by atoms with Crippen molar-refractivity contribution in [1.29, 1.82) is 0 Å². The molecule has 1 aliphatic carbocycles. The van der Waals surface area contributed by atoms with E-state index in [1.165, 1.54) is 39.3 Å². The number of nitrogens with one attached hydrogen (secondary N) is 3. The monoisotopic (exact) mass is 643 g/mol. The highest BCUT2D eigenvalue weighted by molar-refractivity contribution is 7.80. The van der Waals surface area contributed by atoms with Crippen LogP contribution in [0.15, 0.2) is 43.0 Å². The molecule has 238 valence electrons. The summed E-state index contributed by atoms with van der Waals surface area (Å²) in [5, 5.41) is 9.78. The molecule has 3 heterocycles. The average molecular weight is 644 g/mol. The van der Waals surface area contributed by atoms with Gasteiger partial charge in [0.2, 0.25) is 5.88 Å². The summed E-state index contributed by atoms with van der Waals surface area (Å²) in [7, 11) is 6.12. The number of ether oxygens (including phenoxy) is 3. The van der Waals surface area contributed by atoms with Crippen molar-refractivity contribution in [3.05, 3.63) is 59.9 Å². The number of aromatic nitrogens is 6. The molecule has 5 rings (SSSR count). The van der Waals surface area contributed by atoms with Gasteiger partial charge in [-0.3, -0.25) is 0 Å². The minimum absolute atomic E-state index is 0.212. The molecule has 1 aromatic carbocycles. The van der Waals surface area contributed by atoms with Crippen molar-refractivity contribution in [2.45, 2.75) is 37.8 Å². The Morgan fingerprint density at radius 3 is 2.42 bits per heavy atom. The van der Waals surface area contributed by atoms with Crippen LogP contribution in [0.2, 0.25) is 0 Å². The van der Waals surface area contributed by atoms with Crippen molar-refractivity contribution < 1.29 is 27.4 Å². The number of rotatable bonds is 12. The van der Waals surface area contributed by atoms with Gasteiger partial charge in [0.15, 0.2) is 28.7 Å². The number of imidazole rings is 1. The molecule has 1 aliphatic rings. The van der Waals surface area contributed by atoms with Gasteiger partial charge in [0.05, 0.1) is 25.5 Å². The fourth-order valence-electron chi connectivity index (χ4n) is 4.58. The largest absolute Gasteiger partial charge is 0.480 e. The number of benzene rings is 1. The molecule has 0 radical (unpaired) electrons. The van der Waals surface area contributed by atoms with Gasteiger partial charge >= 0.3 is 6.18 Å². The Bertz CT molecular complexity index is 1640. The molecule has 3 N–H and O–H groups in total. The fourth-order valence-corrected chi connectivity index (χ4v) is 4.77. The van der Waals surface area contributed by atoms with Crippen LogP contribution in [0.1, 0.15) is 35.7 Å². The second kappa shape index (κ2) is 13.7. The van der Waals surface area contributed by atoms with Gasteiger partial charge in [-0.25, -0.2) is 24.9 Å². The maximum Gasteiger partial charge on any atom is 0.434 e. The number of anilines is 2. The number of methoxy groups -OCH3 is 3. The summed E-state index contributed by atoms with van der Waals surface area (Å²) in [5.74, 6) is 1.69. The molecule has 4 aromatic rings. The van der Waals surface area contributed by atoms with E-state index in [0.29, 0.717) is 52.5 Å². The summed E-state index contributed by atoms with van der Waals surface area (Å²) < 4.78 is 56.8. The fraction of sp³-hybridized carbons (Fsp3) is 0.379. The molecule has 45 heavy (non-hydrogen) atoms. The van der Waals surface area contributed by atoms with Gasteiger partial charge in [-0.05, 0) is 30.6 Å². The van der Waals surface area contributed by atoms with E-state index in [2.05, 4.69) is 35.9 Å². The maximum atomic E-state index is 13.2. The lowest BCUT2D eigenvalue weighted by molar-refractivity contribution is -0.140. The minimum atomic E-state index is -4.52. The Balaban J connectivity index is 1.40. The van der Waals surface area contributed by atoms with Crippen LogP contribution in [0.25, 0.3) is 22.8 Å². The molecular weight excluding hydrogens is 611 g/mol. The first-order valence-electron chi connectivity index (χ1n) is 13.9. The van der Waals surface area contributed by atoms with Crippen LogP contribution in [0.3, 0.4) is 0 Å². The average Bonchev–Trinajstić information content (AvgIpc) is 3.80. The third-order valence-electron chi connectivity index (χ3n) is 7.05. The Morgan fingerprint density at radius 1 is 1.07 bits per heavy atom. The van der Waals surface area contributed by atoms with Crippen LogP contribution in [-0.4, -0.2) is 68.8 Å². The second-order valence-corrected chi connectivity index (χ2v) is 10.6. The molecule has 1 saturated carbocycles. The van der Waals surface area contributed by atoms with E-state index in [4.69, 9.17) is 31.4 Å². The van der Waals surface area contributed by atoms with Crippen molar-refractivity contribution >= 4 is 28.8 Å². The summed E-state index contributed by atoms with van der Waals surface area (Å²) in [6.07, 6.45) is 1.04. The highest BCUT2D eigenvalue weighted by atomic mass is 32.1. The first-order valence-corrected chi connectivity index (χ1v) is 14.3. The predicted octanol–water partition coefficient (Wildman–Crippen LogP) is 4.76. The number of alkyl halides is 3. The van der Waals surface area contributed by atoms with Gasteiger partial charge in [0, 0.05) is 45.5 Å². The molecule has 0 spiro atoms. The lowest BCUT2D eigenvalue weighted by Gasteiger charge is -2.18. The molecule has 0 saturated heterocycles. The molecule has 0 unspecified atom stereocenters. The van der Waals surface area contributed by atoms with Crippen LogP contribution in [0, 0.1) is 0 Å². The van der Waals surface area contributed by atoms with Gasteiger partial charge in [-0.2, -0.15) is 13.2 Å². The molecule has 0 bridgehead atoms. The van der Waals surface area contributed by atoms with E-state index in [9.17, 15) is 13.2 Å². The number of hydrogen-bond acceptors (Lipinski definition) is 10. The Kier molecular flexibility index (Phi) is 9.74. The molecule has 16 heteroatoms. The van der Waals surface area contributed by atoms with Crippen LogP contribution in [-0.2, 0) is 29.2 Å². The topological polar surface area (TPSA) is 133 Å². The molecule has 1 fully saturated rings. The SMILES string of the molecule is COc1ncnc(C2CC2)c1-c1ncc(NC(=S)NCC(OC)OC)c(NCc2ccc(-c3nc(C(F)(F)F)cn3C)cc2)n1. The Labute approximate surface area is 262 Å². The molecule has 12 nitrogen and oxygen atoms in total. The number of hydrogen-bond donors (Lipinski definition) is 3. The third-order valence-corrected chi connectivity index (χ3v) is 7.30. The summed E-state index contributed by atoms with van der Waals surface area (Å²) in [6, 6.07) is 7.06. The van der Waals surface area contributed by atoms with E-state index in [1.807, 2.05) is 0 Å². The van der Waals surface area contributed by atoms with Gasteiger partial charge in [0.25, 0.3) is 0 Å². The highest BCUT2D eigenvalue weighted by Crippen LogP contribution is 2.45. The number of halogens is 3. The van der Waals surface area contributed by atoms with E-state index in [1.54, 1.807) is 30.5 Å². The zero-order chi connectivity index (χ0) is 32.1. The standard InChI is InChI=1S/C29H32F3N9O3S/c1-41-14-20(29(30,31)32)39-26(41)18-7-5-16(6-8-18)11-33-24-19(38-28(45)35-13-21(42-2)43-3)12-34-25(40-24)22-23(17-9-10-17)36-15-37-27(22)44-4/h5-8,12,14-15,17,21H,9-11,13H2,1-4H3,(H,33,34,40)(H2,35,38,45). The molecule has 3 aromatic heterocycles. The lowest BCUT2D eigenvalue weighted by Crippen LogP contribution is -2.36. The first kappa shape index (κ1) is 32.0. The van der Waals surface area contributed by atoms with E-state index in [0.717, 1.165) is 30.3 Å². The van der Waals surface area contributed by atoms with Crippen molar-refractivity contribution in [2.75, 3.05) is 38.5 Å². The van der Waals surface area contributed by atoms with Crippen molar-refractivity contribution in [2.24, 2.45) is 7.05 Å². The summed E-state index contributed by atoms with van der Waals surface area (Å²) in [5.41, 5.74) is 2.40. The van der Waals surface area contributed by atoms with E-state index < -0.39 is 18.2 Å². The second-order valence-electron chi connectivity index (χ2n) is 10.2. The van der Waals surface area contributed by atoms with E-state index in [-0.39, 0.29) is 11.7 Å². The third kappa shape index (κ3) is 7.64. The molecule has 0 atom stereocenters. The van der Waals surface area contributed by atoms with Crippen LogP contribution in [0.5, 0.6) is 5.88 Å². The summed E-state index contributed by atoms with van der Waals surface area (Å²) in [4.78, 5) is 22.0. The van der Waals surface area contributed by atoms with Gasteiger partial charge in [0.1, 0.15) is 23.4 Å². The minimum Gasteiger partial charge on any atom is -0.480 e. The molecule has 0 amide bonds. The quantitative estimate of drug-likeness (QED) is 0.145. The first-order chi connectivity index (χ1) is 21.6. The Hall–Kier alpha value is -4.41. The van der Waals surface area contributed by atoms with Gasteiger partial charge in [-0.15, -0.1) is 0 Å².